The number of nitrogens with one attached hydrogen (secondary N) is 2. The Balaban J connectivity index is 0.00000162. The lowest BCUT2D eigenvalue weighted by molar-refractivity contribution is -0.116. The monoisotopic (exact) mass is 327 g/mol. The molecule has 2 heterocycles. The van der Waals surface area contributed by atoms with Gasteiger partial charge in [-0.05, 0) is 12.1 Å². The molecule has 4 nitrogen and oxygen atoms in total. The molecule has 1 aromatic heterocycles. The highest BCUT2D eigenvalue weighted by Crippen LogP contribution is 2.11. The van der Waals surface area contributed by atoms with Gasteiger partial charge in [0.25, 0.3) is 0 Å². The van der Waals surface area contributed by atoms with Gasteiger partial charge in [0.05, 0.1) is 6.20 Å². The number of hydrogen-bond donors (Lipinski definition) is 2. The number of anilines is 1. The second kappa shape index (κ2) is 9.36. The summed E-state index contributed by atoms with van der Waals surface area (Å²) in [6.07, 6.45) is 1.51. The number of nitrogens with zero attached hydrogens (tertiary/aromatic N) is 1. The van der Waals surface area contributed by atoms with Gasteiger partial charge < -0.3 is 10.6 Å². The third-order valence-corrected chi connectivity index (χ3v) is 3.56. The van der Waals surface area contributed by atoms with E-state index in [2.05, 4.69) is 15.6 Å². The van der Waals surface area contributed by atoms with Crippen molar-refractivity contribution in [2.45, 2.75) is 12.5 Å². The molecule has 1 fully saturated rings. The Kier molecular flexibility index (Phi) is 9.08. The minimum Gasteiger partial charge on any atom is -0.312 e. The summed E-state index contributed by atoms with van der Waals surface area (Å²) in [4.78, 5) is 15.5. The quantitative estimate of drug-likeness (QED) is 0.892. The summed E-state index contributed by atoms with van der Waals surface area (Å²) < 4.78 is 12.6. The van der Waals surface area contributed by atoms with Gasteiger partial charge in [-0.1, -0.05) is 0 Å². The Hall–Kier alpha value is -0.560. The lowest BCUT2D eigenvalue weighted by atomic mass is 10.2. The van der Waals surface area contributed by atoms with E-state index < -0.39 is 5.82 Å². The molecular formula is C11H16Cl2FN3OS. The van der Waals surface area contributed by atoms with Crippen LogP contribution in [0.3, 0.4) is 0 Å². The fourth-order valence-electron chi connectivity index (χ4n) is 1.62. The molecule has 2 rings (SSSR count). The number of carbonyl (C=O) groups is 1. The van der Waals surface area contributed by atoms with Gasteiger partial charge in [0.15, 0.2) is 0 Å². The molecule has 0 saturated carbocycles. The SMILES string of the molecule is Cl.Cl.O=C(CC1CSCCN1)Nc1ccc(F)cn1. The fraction of sp³-hybridized carbons (Fsp3) is 0.455. The molecule has 1 aliphatic rings. The van der Waals surface area contributed by atoms with Crippen LogP contribution in [0.15, 0.2) is 18.3 Å². The first-order chi connectivity index (χ1) is 8.24. The molecule has 8 heteroatoms. The van der Waals surface area contributed by atoms with Gasteiger partial charge in [0.2, 0.25) is 5.91 Å². The van der Waals surface area contributed by atoms with Crippen LogP contribution < -0.4 is 10.6 Å². The Morgan fingerprint density at radius 2 is 2.32 bits per heavy atom. The van der Waals surface area contributed by atoms with Gasteiger partial charge in [-0.15, -0.1) is 24.8 Å². The van der Waals surface area contributed by atoms with Crippen molar-refractivity contribution in [3.8, 4) is 0 Å². The van der Waals surface area contributed by atoms with Crippen molar-refractivity contribution in [3.63, 3.8) is 0 Å². The number of rotatable bonds is 3. The van der Waals surface area contributed by atoms with Gasteiger partial charge in [-0.2, -0.15) is 11.8 Å². The Morgan fingerprint density at radius 3 is 2.89 bits per heavy atom. The molecule has 0 aliphatic carbocycles. The summed E-state index contributed by atoms with van der Waals surface area (Å²) in [5, 5.41) is 5.93. The molecule has 1 amide bonds. The molecule has 19 heavy (non-hydrogen) atoms. The van der Waals surface area contributed by atoms with E-state index >= 15 is 0 Å². The molecule has 1 saturated heterocycles. The van der Waals surface area contributed by atoms with Gasteiger partial charge in [-0.25, -0.2) is 9.37 Å². The van der Waals surface area contributed by atoms with Crippen molar-refractivity contribution in [2.75, 3.05) is 23.4 Å². The van der Waals surface area contributed by atoms with Crippen molar-refractivity contribution < 1.29 is 9.18 Å². The number of hydrogen-bond acceptors (Lipinski definition) is 4. The molecule has 0 spiro atoms. The van der Waals surface area contributed by atoms with E-state index in [1.807, 2.05) is 11.8 Å². The predicted octanol–water partition coefficient (Wildman–Crippen LogP) is 2.10. The zero-order valence-electron chi connectivity index (χ0n) is 10.1. The van der Waals surface area contributed by atoms with Crippen LogP contribution in [0, 0.1) is 5.82 Å². The number of pyridine rings is 1. The maximum Gasteiger partial charge on any atom is 0.227 e. The molecule has 2 N–H and O–H groups in total. The second-order valence-corrected chi connectivity index (χ2v) is 4.99. The van der Waals surface area contributed by atoms with Crippen LogP contribution in [0.4, 0.5) is 10.2 Å². The summed E-state index contributed by atoms with van der Waals surface area (Å²) in [5.41, 5.74) is 0. The highest BCUT2D eigenvalue weighted by Gasteiger charge is 2.16. The number of amides is 1. The molecule has 1 unspecified atom stereocenters. The Labute approximate surface area is 128 Å². The normalized spacial score (nSPS) is 17.8. The number of aromatic nitrogens is 1. The number of carbonyl (C=O) groups excluding carboxylic acids is 1. The molecular weight excluding hydrogens is 312 g/mol. The zero-order chi connectivity index (χ0) is 12.1. The van der Waals surface area contributed by atoms with E-state index in [0.29, 0.717) is 12.2 Å². The van der Waals surface area contributed by atoms with E-state index in [4.69, 9.17) is 0 Å². The van der Waals surface area contributed by atoms with E-state index in [1.165, 1.54) is 12.1 Å². The van der Waals surface area contributed by atoms with Crippen LogP contribution in [0.25, 0.3) is 0 Å². The summed E-state index contributed by atoms with van der Waals surface area (Å²) in [5.74, 6) is 1.93. The van der Waals surface area contributed by atoms with E-state index in [1.54, 1.807) is 0 Å². The third-order valence-electron chi connectivity index (χ3n) is 2.43. The summed E-state index contributed by atoms with van der Waals surface area (Å²) in [6.45, 7) is 0.942. The lowest BCUT2D eigenvalue weighted by Gasteiger charge is -2.22. The summed E-state index contributed by atoms with van der Waals surface area (Å²) in [7, 11) is 0. The predicted molar refractivity (Wildman–Crippen MR) is 81.1 cm³/mol. The van der Waals surface area contributed by atoms with Gasteiger partial charge in [0, 0.05) is 30.5 Å². The molecule has 1 aliphatic heterocycles. The average Bonchev–Trinajstić information content (AvgIpc) is 2.33. The first-order valence-corrected chi connectivity index (χ1v) is 6.62. The van der Waals surface area contributed by atoms with Crippen LogP contribution in [0.5, 0.6) is 0 Å². The summed E-state index contributed by atoms with van der Waals surface area (Å²) >= 11 is 1.85. The molecule has 0 radical (unpaired) electrons. The van der Waals surface area contributed by atoms with Crippen molar-refractivity contribution in [2.24, 2.45) is 0 Å². The number of halogens is 3. The Morgan fingerprint density at radius 1 is 1.53 bits per heavy atom. The first-order valence-electron chi connectivity index (χ1n) is 5.46. The largest absolute Gasteiger partial charge is 0.312 e. The Bertz CT molecular complexity index is 388. The van der Waals surface area contributed by atoms with Crippen molar-refractivity contribution >= 4 is 48.3 Å². The minimum absolute atomic E-state index is 0. The second-order valence-electron chi connectivity index (χ2n) is 3.84. The van der Waals surface area contributed by atoms with E-state index in [9.17, 15) is 9.18 Å². The standard InChI is InChI=1S/C11H14FN3OS.2ClH/c12-8-1-2-10(14-6-8)15-11(16)5-9-7-17-4-3-13-9;;/h1-2,6,9,13H,3-5,7H2,(H,14,15,16);2*1H. The van der Waals surface area contributed by atoms with Crippen molar-refractivity contribution in [3.05, 3.63) is 24.1 Å². The minimum atomic E-state index is -0.409. The first kappa shape index (κ1) is 18.4. The summed E-state index contributed by atoms with van der Waals surface area (Å²) in [6, 6.07) is 2.95. The molecule has 0 aromatic carbocycles. The molecule has 108 valence electrons. The highest BCUT2D eigenvalue weighted by atomic mass is 35.5. The van der Waals surface area contributed by atoms with Crippen LogP contribution in [-0.2, 0) is 4.79 Å². The van der Waals surface area contributed by atoms with Gasteiger partial charge >= 0.3 is 0 Å². The maximum absolute atomic E-state index is 12.6. The molecule has 1 aromatic rings. The van der Waals surface area contributed by atoms with Crippen molar-refractivity contribution in [1.29, 1.82) is 0 Å². The number of thioether (sulfide) groups is 1. The zero-order valence-corrected chi connectivity index (χ0v) is 12.5. The van der Waals surface area contributed by atoms with Crippen LogP contribution in [0.2, 0.25) is 0 Å². The van der Waals surface area contributed by atoms with Crippen LogP contribution in [0.1, 0.15) is 6.42 Å². The smallest absolute Gasteiger partial charge is 0.227 e. The van der Waals surface area contributed by atoms with Gasteiger partial charge in [-0.3, -0.25) is 4.79 Å². The maximum atomic E-state index is 12.6. The van der Waals surface area contributed by atoms with Crippen molar-refractivity contribution in [1.82, 2.24) is 10.3 Å². The topological polar surface area (TPSA) is 54.0 Å². The lowest BCUT2D eigenvalue weighted by Crippen LogP contribution is -2.39. The average molecular weight is 328 g/mol. The van der Waals surface area contributed by atoms with Crippen LogP contribution in [-0.4, -0.2) is 35.0 Å². The fourth-order valence-corrected chi connectivity index (χ4v) is 2.57. The molecule has 1 atom stereocenters. The van der Waals surface area contributed by atoms with Gasteiger partial charge in [0.1, 0.15) is 11.6 Å². The van der Waals surface area contributed by atoms with E-state index in [0.717, 1.165) is 24.2 Å². The van der Waals surface area contributed by atoms with E-state index in [-0.39, 0.29) is 36.8 Å². The van der Waals surface area contributed by atoms with Crippen LogP contribution >= 0.6 is 36.6 Å². The highest BCUT2D eigenvalue weighted by molar-refractivity contribution is 7.99. The molecule has 0 bridgehead atoms. The third kappa shape index (κ3) is 6.42.